The normalized spacial score (nSPS) is 31.7. The first kappa shape index (κ1) is 6.35. The molecule has 1 atom stereocenters. The maximum Gasteiger partial charge on any atom is 0.134 e. The SMILES string of the molecule is CC1(CNC(=O)[O-])CO1. The van der Waals surface area contributed by atoms with Crippen LogP contribution in [0, 0.1) is 0 Å². The van der Waals surface area contributed by atoms with Gasteiger partial charge in [0.2, 0.25) is 0 Å². The molecule has 1 saturated heterocycles. The van der Waals surface area contributed by atoms with Gasteiger partial charge in [-0.15, -0.1) is 0 Å². The highest BCUT2D eigenvalue weighted by atomic mass is 16.6. The van der Waals surface area contributed by atoms with E-state index in [0.717, 1.165) is 0 Å². The summed E-state index contributed by atoms with van der Waals surface area (Å²) in [5.41, 5.74) is -0.250. The Labute approximate surface area is 52.8 Å². The molecule has 0 saturated carbocycles. The molecule has 0 bridgehead atoms. The van der Waals surface area contributed by atoms with Crippen LogP contribution in [0.3, 0.4) is 0 Å². The number of carboxylic acid groups (broad SMARTS) is 1. The van der Waals surface area contributed by atoms with Gasteiger partial charge >= 0.3 is 0 Å². The predicted molar refractivity (Wildman–Crippen MR) is 27.8 cm³/mol. The molecule has 4 nitrogen and oxygen atoms in total. The average molecular weight is 130 g/mol. The van der Waals surface area contributed by atoms with Crippen molar-refractivity contribution in [2.45, 2.75) is 12.5 Å². The zero-order valence-corrected chi connectivity index (χ0v) is 5.14. The van der Waals surface area contributed by atoms with Crippen LogP contribution in [-0.2, 0) is 4.74 Å². The lowest BCUT2D eigenvalue weighted by molar-refractivity contribution is -0.251. The number of amides is 1. The van der Waals surface area contributed by atoms with Crippen molar-refractivity contribution in [2.75, 3.05) is 13.2 Å². The number of epoxide rings is 1. The van der Waals surface area contributed by atoms with Crippen LogP contribution in [0.15, 0.2) is 0 Å². The van der Waals surface area contributed by atoms with Gasteiger partial charge in [0.25, 0.3) is 0 Å². The van der Waals surface area contributed by atoms with Gasteiger partial charge < -0.3 is 20.0 Å². The largest absolute Gasteiger partial charge is 0.530 e. The molecule has 52 valence electrons. The van der Waals surface area contributed by atoms with E-state index in [9.17, 15) is 9.90 Å². The molecular weight excluding hydrogens is 122 g/mol. The molecule has 1 N–H and O–H groups in total. The topological polar surface area (TPSA) is 64.7 Å². The molecular formula is C5H8NO3-. The molecule has 1 rings (SSSR count). The van der Waals surface area contributed by atoms with E-state index < -0.39 is 6.09 Å². The van der Waals surface area contributed by atoms with Crippen molar-refractivity contribution in [2.24, 2.45) is 0 Å². The zero-order valence-electron chi connectivity index (χ0n) is 5.14. The molecule has 1 aliphatic rings. The maximum absolute atomic E-state index is 9.80. The van der Waals surface area contributed by atoms with E-state index in [4.69, 9.17) is 4.74 Å². The van der Waals surface area contributed by atoms with E-state index in [0.29, 0.717) is 13.2 Å². The molecule has 0 radical (unpaired) electrons. The Hall–Kier alpha value is -0.770. The number of carbonyl (C=O) groups is 1. The average Bonchev–Trinajstić information content (AvgIpc) is 2.45. The quantitative estimate of drug-likeness (QED) is 0.473. The lowest BCUT2D eigenvalue weighted by Gasteiger charge is -2.07. The molecule has 4 heteroatoms. The Morgan fingerprint density at radius 3 is 2.89 bits per heavy atom. The monoisotopic (exact) mass is 130 g/mol. The van der Waals surface area contributed by atoms with Crippen LogP contribution in [0.2, 0.25) is 0 Å². The standard InChI is InChI=1S/C5H9NO3/c1-5(3-9-5)2-6-4(7)8/h6H,2-3H2,1H3,(H,7,8)/p-1. The number of nitrogens with one attached hydrogen (secondary N) is 1. The molecule has 1 heterocycles. The predicted octanol–water partition coefficient (Wildman–Crippen LogP) is -1.29. The summed E-state index contributed by atoms with van der Waals surface area (Å²) >= 11 is 0. The fourth-order valence-electron chi connectivity index (χ4n) is 0.484. The van der Waals surface area contributed by atoms with Gasteiger partial charge in [0.15, 0.2) is 0 Å². The van der Waals surface area contributed by atoms with Crippen molar-refractivity contribution in [1.29, 1.82) is 0 Å². The fourth-order valence-corrected chi connectivity index (χ4v) is 0.484. The first-order valence-electron chi connectivity index (χ1n) is 2.71. The van der Waals surface area contributed by atoms with Gasteiger partial charge in [0.05, 0.1) is 6.61 Å². The fraction of sp³-hybridized carbons (Fsp3) is 0.800. The van der Waals surface area contributed by atoms with Crippen LogP contribution in [-0.4, -0.2) is 24.8 Å². The third-order valence-electron chi connectivity index (χ3n) is 1.24. The van der Waals surface area contributed by atoms with Crippen LogP contribution in [0.5, 0.6) is 0 Å². The third kappa shape index (κ3) is 1.89. The molecule has 1 unspecified atom stereocenters. The minimum atomic E-state index is -1.24. The molecule has 0 aromatic rings. The van der Waals surface area contributed by atoms with E-state index in [1.807, 2.05) is 6.92 Å². The molecule has 0 aromatic carbocycles. The molecule has 1 fully saturated rings. The summed E-state index contributed by atoms with van der Waals surface area (Å²) in [5, 5.41) is 11.9. The summed E-state index contributed by atoms with van der Waals surface area (Å²) in [7, 11) is 0. The van der Waals surface area contributed by atoms with Crippen molar-refractivity contribution in [1.82, 2.24) is 5.32 Å². The van der Waals surface area contributed by atoms with Crippen LogP contribution in [0.25, 0.3) is 0 Å². The van der Waals surface area contributed by atoms with E-state index in [1.165, 1.54) is 0 Å². The summed E-state index contributed by atoms with van der Waals surface area (Å²) in [4.78, 5) is 9.80. The Morgan fingerprint density at radius 1 is 2.00 bits per heavy atom. The number of carbonyl (C=O) groups excluding carboxylic acids is 1. The summed E-state index contributed by atoms with van der Waals surface area (Å²) in [6, 6.07) is 0. The summed E-state index contributed by atoms with van der Waals surface area (Å²) in [5.74, 6) is 0. The number of hydrogen-bond donors (Lipinski definition) is 1. The van der Waals surface area contributed by atoms with Crippen LogP contribution >= 0.6 is 0 Å². The Bertz CT molecular complexity index is 130. The van der Waals surface area contributed by atoms with Crippen LogP contribution < -0.4 is 10.4 Å². The second-order valence-electron chi connectivity index (χ2n) is 2.38. The van der Waals surface area contributed by atoms with Crippen molar-refractivity contribution in [3.63, 3.8) is 0 Å². The van der Waals surface area contributed by atoms with E-state index in [1.54, 1.807) is 0 Å². The molecule has 0 aromatic heterocycles. The highest BCUT2D eigenvalue weighted by Crippen LogP contribution is 2.23. The highest BCUT2D eigenvalue weighted by molar-refractivity contribution is 5.61. The smallest absolute Gasteiger partial charge is 0.134 e. The molecule has 1 amide bonds. The Balaban J connectivity index is 2.12. The van der Waals surface area contributed by atoms with E-state index in [-0.39, 0.29) is 5.60 Å². The maximum atomic E-state index is 9.80. The third-order valence-corrected chi connectivity index (χ3v) is 1.24. The van der Waals surface area contributed by atoms with Gasteiger partial charge in [-0.2, -0.15) is 0 Å². The summed E-state index contributed by atoms with van der Waals surface area (Å²) in [6.07, 6.45) is -1.24. The van der Waals surface area contributed by atoms with Gasteiger partial charge in [0, 0.05) is 6.54 Å². The Morgan fingerprint density at radius 2 is 2.56 bits per heavy atom. The van der Waals surface area contributed by atoms with E-state index >= 15 is 0 Å². The second-order valence-corrected chi connectivity index (χ2v) is 2.38. The van der Waals surface area contributed by atoms with E-state index in [2.05, 4.69) is 5.32 Å². The first-order valence-corrected chi connectivity index (χ1v) is 2.71. The summed E-state index contributed by atoms with van der Waals surface area (Å²) in [6.45, 7) is 2.80. The van der Waals surface area contributed by atoms with Gasteiger partial charge in [0.1, 0.15) is 11.7 Å². The van der Waals surface area contributed by atoms with Crippen molar-refractivity contribution >= 4 is 6.09 Å². The number of ether oxygens (including phenoxy) is 1. The molecule has 9 heavy (non-hydrogen) atoms. The molecule has 1 aliphatic heterocycles. The number of rotatable bonds is 2. The lowest BCUT2D eigenvalue weighted by atomic mass is 10.2. The summed E-state index contributed by atoms with van der Waals surface area (Å²) < 4.78 is 4.89. The lowest BCUT2D eigenvalue weighted by Crippen LogP contribution is -2.41. The van der Waals surface area contributed by atoms with Crippen molar-refractivity contribution < 1.29 is 14.6 Å². The molecule has 0 spiro atoms. The van der Waals surface area contributed by atoms with Gasteiger partial charge in [-0.1, -0.05) is 0 Å². The van der Waals surface area contributed by atoms with Crippen LogP contribution in [0.4, 0.5) is 4.79 Å². The van der Waals surface area contributed by atoms with Crippen molar-refractivity contribution in [3.05, 3.63) is 0 Å². The second kappa shape index (κ2) is 1.88. The van der Waals surface area contributed by atoms with Gasteiger partial charge in [-0.25, -0.2) is 0 Å². The first-order chi connectivity index (χ1) is 4.12. The van der Waals surface area contributed by atoms with Gasteiger partial charge in [-0.05, 0) is 6.92 Å². The minimum Gasteiger partial charge on any atom is -0.530 e. The number of hydrogen-bond acceptors (Lipinski definition) is 3. The van der Waals surface area contributed by atoms with Gasteiger partial charge in [-0.3, -0.25) is 0 Å². The highest BCUT2D eigenvalue weighted by Gasteiger charge is 2.38. The molecule has 0 aliphatic carbocycles. The van der Waals surface area contributed by atoms with Crippen LogP contribution in [0.1, 0.15) is 6.92 Å². The zero-order chi connectivity index (χ0) is 6.91. The Kier molecular flexibility index (Phi) is 1.32. The minimum absolute atomic E-state index is 0.250. The van der Waals surface area contributed by atoms with Crippen molar-refractivity contribution in [3.8, 4) is 0 Å².